The number of urea groups is 1. The first kappa shape index (κ1) is 22.3. The van der Waals surface area contributed by atoms with Crippen molar-refractivity contribution in [2.24, 2.45) is 5.92 Å². The van der Waals surface area contributed by atoms with Crippen LogP contribution in [0.5, 0.6) is 0 Å². The molecule has 0 spiro atoms. The number of likely N-dealkylation sites (tertiary alicyclic amines) is 1. The number of ether oxygens (including phenoxy) is 1. The Kier molecular flexibility index (Phi) is 7.10. The van der Waals surface area contributed by atoms with Crippen molar-refractivity contribution in [3.05, 3.63) is 64.7 Å². The Morgan fingerprint density at radius 3 is 2.25 bits per heavy atom. The van der Waals surface area contributed by atoms with Crippen LogP contribution in [0.4, 0.5) is 10.5 Å². The van der Waals surface area contributed by atoms with Crippen LogP contribution in [-0.2, 0) is 11.2 Å². The number of carbonyl (C=O) groups excluding carboxylic acids is 2. The molecule has 0 radical (unpaired) electrons. The van der Waals surface area contributed by atoms with E-state index in [1.807, 2.05) is 40.1 Å². The summed E-state index contributed by atoms with van der Waals surface area (Å²) in [5, 5.41) is 3.03. The number of piperidine rings is 1. The highest BCUT2D eigenvalue weighted by Crippen LogP contribution is 2.23. The van der Waals surface area contributed by atoms with Crippen LogP contribution in [-0.4, -0.2) is 61.1 Å². The monoisotopic (exact) mass is 435 g/mol. The van der Waals surface area contributed by atoms with Crippen LogP contribution in [0.3, 0.4) is 0 Å². The fourth-order valence-electron chi connectivity index (χ4n) is 4.43. The Hall–Kier alpha value is -2.86. The van der Waals surface area contributed by atoms with E-state index in [1.165, 1.54) is 16.7 Å². The molecule has 2 aromatic rings. The summed E-state index contributed by atoms with van der Waals surface area (Å²) in [5.74, 6) is 0.643. The largest absolute Gasteiger partial charge is 0.378 e. The fourth-order valence-corrected chi connectivity index (χ4v) is 4.43. The normalized spacial score (nSPS) is 17.3. The van der Waals surface area contributed by atoms with E-state index in [9.17, 15) is 9.59 Å². The number of nitrogens with zero attached hydrogens (tertiary/aromatic N) is 2. The number of hydrogen-bond donors (Lipinski definition) is 1. The second-order valence-electron chi connectivity index (χ2n) is 8.97. The van der Waals surface area contributed by atoms with Gasteiger partial charge in [-0.15, -0.1) is 0 Å². The van der Waals surface area contributed by atoms with Crippen molar-refractivity contribution in [2.45, 2.75) is 33.1 Å². The molecule has 6 heteroatoms. The topological polar surface area (TPSA) is 61.9 Å². The predicted molar refractivity (Wildman–Crippen MR) is 126 cm³/mol. The molecule has 0 saturated carbocycles. The van der Waals surface area contributed by atoms with Gasteiger partial charge in [0.25, 0.3) is 5.91 Å². The van der Waals surface area contributed by atoms with Gasteiger partial charge in [0.05, 0.1) is 13.2 Å². The number of hydrogen-bond acceptors (Lipinski definition) is 3. The summed E-state index contributed by atoms with van der Waals surface area (Å²) in [6.45, 7) is 8.23. The molecule has 170 valence electrons. The molecule has 6 nitrogen and oxygen atoms in total. The summed E-state index contributed by atoms with van der Waals surface area (Å²) in [5.41, 5.74) is 5.25. The van der Waals surface area contributed by atoms with E-state index >= 15 is 0 Å². The third kappa shape index (κ3) is 5.49. The van der Waals surface area contributed by atoms with Crippen molar-refractivity contribution < 1.29 is 14.3 Å². The van der Waals surface area contributed by atoms with Crippen LogP contribution in [0.2, 0.25) is 0 Å². The second kappa shape index (κ2) is 10.2. The van der Waals surface area contributed by atoms with Gasteiger partial charge in [-0.3, -0.25) is 4.79 Å². The van der Waals surface area contributed by atoms with Gasteiger partial charge in [0.1, 0.15) is 0 Å². The van der Waals surface area contributed by atoms with Gasteiger partial charge in [-0.05, 0) is 80.0 Å². The summed E-state index contributed by atoms with van der Waals surface area (Å²) >= 11 is 0. The van der Waals surface area contributed by atoms with Gasteiger partial charge >= 0.3 is 6.03 Å². The number of nitrogens with one attached hydrogen (secondary N) is 1. The van der Waals surface area contributed by atoms with Gasteiger partial charge in [-0.1, -0.05) is 18.2 Å². The molecule has 2 aliphatic rings. The van der Waals surface area contributed by atoms with Crippen molar-refractivity contribution in [1.29, 1.82) is 0 Å². The van der Waals surface area contributed by atoms with Crippen molar-refractivity contribution in [3.63, 3.8) is 0 Å². The van der Waals surface area contributed by atoms with Crippen molar-refractivity contribution >= 4 is 17.6 Å². The summed E-state index contributed by atoms with van der Waals surface area (Å²) in [4.78, 5) is 29.0. The highest BCUT2D eigenvalue weighted by Gasteiger charge is 2.23. The highest BCUT2D eigenvalue weighted by atomic mass is 16.5. The van der Waals surface area contributed by atoms with Gasteiger partial charge in [-0.25, -0.2) is 4.79 Å². The van der Waals surface area contributed by atoms with Crippen LogP contribution in [0.15, 0.2) is 42.5 Å². The molecule has 3 amide bonds. The minimum Gasteiger partial charge on any atom is -0.378 e. The lowest BCUT2D eigenvalue weighted by atomic mass is 9.90. The molecule has 0 unspecified atom stereocenters. The molecule has 4 rings (SSSR count). The number of anilines is 1. The fraction of sp³-hybridized carbons (Fsp3) is 0.462. The van der Waals surface area contributed by atoms with Crippen LogP contribution in [0, 0.1) is 19.8 Å². The number of aryl methyl sites for hydroxylation is 2. The lowest BCUT2D eigenvalue weighted by Crippen LogP contribution is -2.41. The Balaban J connectivity index is 1.25. The SMILES string of the molecule is Cc1ccc(NC(=O)N2CCC(Cc3ccc(C(=O)N4CCOCC4)cc3)CC2)cc1C. The number of amides is 3. The zero-order valence-corrected chi connectivity index (χ0v) is 19.1. The molecule has 0 atom stereocenters. The molecule has 2 aliphatic heterocycles. The van der Waals surface area contributed by atoms with Gasteiger partial charge in [0.2, 0.25) is 0 Å². The van der Waals surface area contributed by atoms with Gasteiger partial charge in [0.15, 0.2) is 0 Å². The Morgan fingerprint density at radius 2 is 1.59 bits per heavy atom. The minimum atomic E-state index is -0.0160. The molecule has 2 fully saturated rings. The third-order valence-electron chi connectivity index (χ3n) is 6.68. The first-order chi connectivity index (χ1) is 15.5. The van der Waals surface area contributed by atoms with E-state index in [2.05, 4.69) is 31.3 Å². The highest BCUT2D eigenvalue weighted by molar-refractivity contribution is 5.94. The summed E-state index contributed by atoms with van der Waals surface area (Å²) in [7, 11) is 0. The van der Waals surface area contributed by atoms with E-state index in [0.717, 1.165) is 43.6 Å². The average molecular weight is 436 g/mol. The number of carbonyl (C=O) groups is 2. The number of benzene rings is 2. The number of rotatable bonds is 4. The Bertz CT molecular complexity index is 943. The van der Waals surface area contributed by atoms with Crippen LogP contribution >= 0.6 is 0 Å². The zero-order valence-electron chi connectivity index (χ0n) is 19.1. The van der Waals surface area contributed by atoms with Gasteiger partial charge in [-0.2, -0.15) is 0 Å². The average Bonchev–Trinajstić information content (AvgIpc) is 2.82. The summed E-state index contributed by atoms with van der Waals surface area (Å²) < 4.78 is 5.33. The van der Waals surface area contributed by atoms with Crippen molar-refractivity contribution in [2.75, 3.05) is 44.7 Å². The Labute approximate surface area is 190 Å². The van der Waals surface area contributed by atoms with E-state index in [0.29, 0.717) is 32.2 Å². The van der Waals surface area contributed by atoms with E-state index in [4.69, 9.17) is 4.74 Å². The number of morpholine rings is 1. The molecular formula is C26H33N3O3. The quantitative estimate of drug-likeness (QED) is 0.781. The first-order valence-corrected chi connectivity index (χ1v) is 11.6. The van der Waals surface area contributed by atoms with Gasteiger partial charge < -0.3 is 19.9 Å². The molecule has 0 bridgehead atoms. The lowest BCUT2D eigenvalue weighted by molar-refractivity contribution is 0.0303. The Morgan fingerprint density at radius 1 is 0.906 bits per heavy atom. The molecular weight excluding hydrogens is 402 g/mol. The third-order valence-corrected chi connectivity index (χ3v) is 6.68. The van der Waals surface area contributed by atoms with Crippen molar-refractivity contribution in [1.82, 2.24) is 9.80 Å². The van der Waals surface area contributed by atoms with E-state index in [-0.39, 0.29) is 11.9 Å². The standard InChI is InChI=1S/C26H33N3O3/c1-19-3-8-24(17-20(19)2)27-26(31)29-11-9-22(10-12-29)18-21-4-6-23(7-5-21)25(30)28-13-15-32-16-14-28/h3-8,17,22H,9-16,18H2,1-2H3,(H,27,31). The zero-order chi connectivity index (χ0) is 22.5. The molecule has 2 heterocycles. The summed E-state index contributed by atoms with van der Waals surface area (Å²) in [6.07, 6.45) is 2.97. The first-order valence-electron chi connectivity index (χ1n) is 11.6. The van der Waals surface area contributed by atoms with Crippen LogP contribution < -0.4 is 5.32 Å². The smallest absolute Gasteiger partial charge is 0.321 e. The predicted octanol–water partition coefficient (Wildman–Crippen LogP) is 4.26. The summed E-state index contributed by atoms with van der Waals surface area (Å²) in [6, 6.07) is 14.0. The van der Waals surface area contributed by atoms with Crippen LogP contribution in [0.25, 0.3) is 0 Å². The van der Waals surface area contributed by atoms with E-state index < -0.39 is 0 Å². The lowest BCUT2D eigenvalue weighted by Gasteiger charge is -2.32. The second-order valence-corrected chi connectivity index (χ2v) is 8.97. The maximum Gasteiger partial charge on any atom is 0.321 e. The molecule has 2 saturated heterocycles. The van der Waals surface area contributed by atoms with Crippen molar-refractivity contribution in [3.8, 4) is 0 Å². The van der Waals surface area contributed by atoms with Gasteiger partial charge in [0, 0.05) is 37.4 Å². The van der Waals surface area contributed by atoms with Crippen LogP contribution in [0.1, 0.15) is 39.9 Å². The molecule has 1 N–H and O–H groups in total. The van der Waals surface area contributed by atoms with E-state index in [1.54, 1.807) is 0 Å². The minimum absolute atomic E-state index is 0.0160. The molecule has 0 aliphatic carbocycles. The maximum atomic E-state index is 12.6. The molecule has 0 aromatic heterocycles. The molecule has 32 heavy (non-hydrogen) atoms. The molecule has 2 aromatic carbocycles. The maximum absolute atomic E-state index is 12.6.